The van der Waals surface area contributed by atoms with Gasteiger partial charge in [0.15, 0.2) is 5.78 Å². The van der Waals surface area contributed by atoms with Crippen molar-refractivity contribution in [3.8, 4) is 0 Å². The lowest BCUT2D eigenvalue weighted by Crippen LogP contribution is -2.45. The fourth-order valence-electron chi connectivity index (χ4n) is 3.11. The Morgan fingerprint density at radius 1 is 1.33 bits per heavy atom. The van der Waals surface area contributed by atoms with Crippen LogP contribution < -0.4 is 0 Å². The highest BCUT2D eigenvalue weighted by atomic mass is 32.1. The summed E-state index contributed by atoms with van der Waals surface area (Å²) in [4.78, 5) is 20.2. The zero-order valence-electron chi connectivity index (χ0n) is 13.3. The Hall–Kier alpha value is -2.02. The summed E-state index contributed by atoms with van der Waals surface area (Å²) in [5, 5.41) is 1.94. The van der Waals surface area contributed by atoms with Gasteiger partial charge in [-0.2, -0.15) is 0 Å². The molecule has 0 saturated carbocycles. The minimum atomic E-state index is 0.109. The maximum absolute atomic E-state index is 12.4. The molecule has 3 aromatic rings. The van der Waals surface area contributed by atoms with Crippen LogP contribution in [0, 0.1) is 0 Å². The summed E-state index contributed by atoms with van der Waals surface area (Å²) >= 11 is 1.50. The number of fused-ring (bicyclic) bond motifs is 1. The Morgan fingerprint density at radius 3 is 3.12 bits per heavy atom. The molecular formula is C18H19N3O2S. The second kappa shape index (κ2) is 6.84. The zero-order valence-corrected chi connectivity index (χ0v) is 14.1. The highest BCUT2D eigenvalue weighted by molar-refractivity contribution is 7.12. The quantitative estimate of drug-likeness (QED) is 0.670. The number of ether oxygens (including phenoxy) is 1. The second-order valence-corrected chi connectivity index (χ2v) is 6.95. The Labute approximate surface area is 144 Å². The molecular weight excluding hydrogens is 322 g/mol. The summed E-state index contributed by atoms with van der Waals surface area (Å²) < 4.78 is 7.64. The van der Waals surface area contributed by atoms with E-state index >= 15 is 0 Å². The number of morpholine rings is 1. The number of nitrogens with zero attached hydrogens (tertiary/aromatic N) is 3. The highest BCUT2D eigenvalue weighted by Gasteiger charge is 2.26. The average molecular weight is 341 g/mol. The third-order valence-corrected chi connectivity index (χ3v) is 5.26. The molecule has 0 aliphatic carbocycles. The molecule has 1 atom stereocenters. The van der Waals surface area contributed by atoms with Gasteiger partial charge in [-0.1, -0.05) is 12.1 Å². The van der Waals surface area contributed by atoms with Crippen molar-refractivity contribution in [2.24, 2.45) is 0 Å². The van der Waals surface area contributed by atoms with Gasteiger partial charge < -0.3 is 9.14 Å². The molecule has 0 bridgehead atoms. The molecule has 1 fully saturated rings. The molecule has 0 radical (unpaired) electrons. The number of pyridine rings is 1. The maximum atomic E-state index is 12.4. The van der Waals surface area contributed by atoms with Gasteiger partial charge in [-0.05, 0) is 23.6 Å². The number of ketones is 1. The summed E-state index contributed by atoms with van der Waals surface area (Å²) in [6.45, 7) is 2.88. The predicted molar refractivity (Wildman–Crippen MR) is 93.5 cm³/mol. The van der Waals surface area contributed by atoms with E-state index in [2.05, 4.69) is 16.1 Å². The Kier molecular flexibility index (Phi) is 4.42. The summed E-state index contributed by atoms with van der Waals surface area (Å²) in [5.74, 6) is 0.195. The van der Waals surface area contributed by atoms with E-state index in [4.69, 9.17) is 4.74 Å². The van der Waals surface area contributed by atoms with Crippen molar-refractivity contribution in [2.75, 3.05) is 19.8 Å². The van der Waals surface area contributed by atoms with Gasteiger partial charge in [0.25, 0.3) is 0 Å². The number of carbonyl (C=O) groups is 1. The Morgan fingerprint density at radius 2 is 2.29 bits per heavy atom. The first-order valence-electron chi connectivity index (χ1n) is 8.11. The van der Waals surface area contributed by atoms with Crippen molar-refractivity contribution < 1.29 is 9.53 Å². The van der Waals surface area contributed by atoms with Gasteiger partial charge in [-0.3, -0.25) is 9.69 Å². The molecule has 5 nitrogen and oxygen atoms in total. The molecule has 3 aromatic heterocycles. The number of rotatable bonds is 5. The van der Waals surface area contributed by atoms with Crippen LogP contribution in [0.3, 0.4) is 0 Å². The van der Waals surface area contributed by atoms with Gasteiger partial charge in [-0.25, -0.2) is 4.98 Å². The summed E-state index contributed by atoms with van der Waals surface area (Å²) in [6, 6.07) is 9.91. The van der Waals surface area contributed by atoms with Gasteiger partial charge >= 0.3 is 0 Å². The molecule has 6 heteroatoms. The molecule has 0 N–H and O–H groups in total. The third kappa shape index (κ3) is 3.26. The van der Waals surface area contributed by atoms with Gasteiger partial charge in [-0.15, -0.1) is 11.3 Å². The van der Waals surface area contributed by atoms with E-state index in [9.17, 15) is 4.79 Å². The molecule has 124 valence electrons. The van der Waals surface area contributed by atoms with Crippen molar-refractivity contribution in [1.29, 1.82) is 0 Å². The van der Waals surface area contributed by atoms with E-state index in [1.165, 1.54) is 11.3 Å². The van der Waals surface area contributed by atoms with Crippen LogP contribution in [0.1, 0.15) is 21.8 Å². The lowest BCUT2D eigenvalue weighted by molar-refractivity contribution is -0.0130. The molecule has 1 unspecified atom stereocenters. The molecule has 0 amide bonds. The summed E-state index contributed by atoms with van der Waals surface area (Å²) in [5.41, 5.74) is 1.98. The molecule has 4 rings (SSSR count). The average Bonchev–Trinajstić information content (AvgIpc) is 3.25. The van der Waals surface area contributed by atoms with Gasteiger partial charge in [0, 0.05) is 37.9 Å². The molecule has 1 saturated heterocycles. The first-order valence-corrected chi connectivity index (χ1v) is 8.99. The van der Waals surface area contributed by atoms with Crippen LogP contribution in [-0.2, 0) is 11.3 Å². The smallest absolute Gasteiger partial charge is 0.174 e. The summed E-state index contributed by atoms with van der Waals surface area (Å²) in [7, 11) is 0. The highest BCUT2D eigenvalue weighted by Crippen LogP contribution is 2.19. The van der Waals surface area contributed by atoms with E-state index in [0.29, 0.717) is 19.6 Å². The minimum Gasteiger partial charge on any atom is -0.378 e. The van der Waals surface area contributed by atoms with E-state index in [0.717, 1.165) is 29.3 Å². The molecule has 0 spiro atoms. The summed E-state index contributed by atoms with van der Waals surface area (Å²) in [6.07, 6.45) is 4.56. The molecule has 1 aliphatic rings. The lowest BCUT2D eigenvalue weighted by atomic mass is 10.1. The van der Waals surface area contributed by atoms with Crippen LogP contribution in [0.4, 0.5) is 0 Å². The van der Waals surface area contributed by atoms with Crippen molar-refractivity contribution >= 4 is 22.8 Å². The number of aromatic nitrogens is 2. The van der Waals surface area contributed by atoms with Gasteiger partial charge in [0.1, 0.15) is 5.65 Å². The number of carbonyl (C=O) groups excluding carboxylic acids is 1. The second-order valence-electron chi connectivity index (χ2n) is 6.00. The van der Waals surface area contributed by atoms with Crippen LogP contribution in [0.15, 0.2) is 48.1 Å². The van der Waals surface area contributed by atoms with Crippen molar-refractivity contribution in [2.45, 2.75) is 19.0 Å². The maximum Gasteiger partial charge on any atom is 0.174 e. The fourth-order valence-corrected chi connectivity index (χ4v) is 3.78. The van der Waals surface area contributed by atoms with E-state index in [1.54, 1.807) is 0 Å². The first kappa shape index (κ1) is 15.5. The van der Waals surface area contributed by atoms with Crippen molar-refractivity contribution in [1.82, 2.24) is 14.3 Å². The molecule has 1 aliphatic heterocycles. The van der Waals surface area contributed by atoms with E-state index < -0.39 is 0 Å². The first-order chi connectivity index (χ1) is 11.8. The number of hydrogen-bond acceptors (Lipinski definition) is 5. The van der Waals surface area contributed by atoms with Crippen LogP contribution in [0.5, 0.6) is 0 Å². The number of Topliss-reactive ketones (excluding diaryl/α,β-unsaturated/α-hetero) is 1. The Bertz CT molecular complexity index is 795. The van der Waals surface area contributed by atoms with E-state index in [-0.39, 0.29) is 11.8 Å². The fraction of sp³-hybridized carbons (Fsp3) is 0.333. The SMILES string of the molecule is O=C(CC1COCCN1Cc1cn2ccccc2n1)c1cccs1. The molecule has 0 aromatic carbocycles. The normalized spacial score (nSPS) is 18.9. The largest absolute Gasteiger partial charge is 0.378 e. The van der Waals surface area contributed by atoms with Crippen molar-refractivity contribution in [3.05, 3.63) is 58.7 Å². The zero-order chi connectivity index (χ0) is 16.4. The topological polar surface area (TPSA) is 46.8 Å². The van der Waals surface area contributed by atoms with Crippen molar-refractivity contribution in [3.63, 3.8) is 0 Å². The van der Waals surface area contributed by atoms with Gasteiger partial charge in [0.05, 0.1) is 23.8 Å². The lowest BCUT2D eigenvalue weighted by Gasteiger charge is -2.34. The standard InChI is InChI=1S/C18H19N3O2S/c22-16(17-4-3-9-24-17)10-15-13-23-8-7-20(15)11-14-12-21-6-2-1-5-18(21)19-14/h1-6,9,12,15H,7-8,10-11,13H2. The monoisotopic (exact) mass is 341 g/mol. The third-order valence-electron chi connectivity index (χ3n) is 4.35. The van der Waals surface area contributed by atoms with Crippen LogP contribution in [0.25, 0.3) is 5.65 Å². The minimum absolute atomic E-state index is 0.109. The van der Waals surface area contributed by atoms with Crippen LogP contribution >= 0.6 is 11.3 Å². The predicted octanol–water partition coefficient (Wildman–Crippen LogP) is 2.87. The molecule has 4 heterocycles. The molecule has 24 heavy (non-hydrogen) atoms. The number of thiophene rings is 1. The van der Waals surface area contributed by atoms with E-state index in [1.807, 2.05) is 46.3 Å². The van der Waals surface area contributed by atoms with Gasteiger partial charge in [0.2, 0.25) is 0 Å². The van der Waals surface area contributed by atoms with Crippen LogP contribution in [-0.4, -0.2) is 45.9 Å². The number of hydrogen-bond donors (Lipinski definition) is 0. The number of imidazole rings is 1. The van der Waals surface area contributed by atoms with Crippen LogP contribution in [0.2, 0.25) is 0 Å². The Balaban J connectivity index is 1.48.